The Hall–Kier alpha value is -1.19. The quantitative estimate of drug-likeness (QED) is 0.672. The second kappa shape index (κ2) is 6.34. The first-order valence-electron chi connectivity index (χ1n) is 4.05. The van der Waals surface area contributed by atoms with Crippen LogP contribution in [0.1, 0.15) is 28.9 Å². The van der Waals surface area contributed by atoms with Crippen molar-refractivity contribution in [1.29, 1.82) is 0 Å². The normalized spacial score (nSPS) is 11.1. The number of carbonyl (C=O) groups is 1. The maximum absolute atomic E-state index is 10.4. The molecule has 0 saturated heterocycles. The van der Waals surface area contributed by atoms with Crippen molar-refractivity contribution < 1.29 is 9.90 Å². The van der Waals surface area contributed by atoms with Crippen molar-refractivity contribution in [2.45, 2.75) is 13.0 Å². The summed E-state index contributed by atoms with van der Waals surface area (Å²) in [4.78, 5) is 10.4. The largest absolute Gasteiger partial charge is 0.389 e. The minimum absolute atomic E-state index is 0.558. The Morgan fingerprint density at radius 2 is 1.92 bits per heavy atom. The van der Waals surface area contributed by atoms with E-state index in [0.717, 1.165) is 6.29 Å². The Kier molecular flexibility index (Phi) is 5.76. The molecule has 0 aromatic heterocycles. The van der Waals surface area contributed by atoms with Crippen LogP contribution < -0.4 is 5.73 Å². The van der Waals surface area contributed by atoms with Crippen LogP contribution in [-0.4, -0.2) is 18.4 Å². The van der Waals surface area contributed by atoms with E-state index in [1.54, 1.807) is 31.2 Å². The fraction of sp³-hybridized carbons (Fsp3) is 0.300. The molecule has 0 heterocycles. The lowest BCUT2D eigenvalue weighted by Crippen LogP contribution is -1.96. The summed E-state index contributed by atoms with van der Waals surface area (Å²) in [6.07, 6.45) is 0.179. The van der Waals surface area contributed by atoms with Gasteiger partial charge in [-0.25, -0.2) is 0 Å². The highest BCUT2D eigenvalue weighted by atomic mass is 16.3. The van der Waals surface area contributed by atoms with E-state index in [2.05, 4.69) is 5.73 Å². The maximum atomic E-state index is 10.4. The molecule has 1 atom stereocenters. The van der Waals surface area contributed by atoms with Gasteiger partial charge in [0.1, 0.15) is 6.29 Å². The summed E-state index contributed by atoms with van der Waals surface area (Å²) < 4.78 is 0. The SMILES string of the molecule is CC(O)c1ccccc1C=O.CN. The fourth-order valence-corrected chi connectivity index (χ4v) is 0.999. The maximum Gasteiger partial charge on any atom is 0.150 e. The van der Waals surface area contributed by atoms with Gasteiger partial charge in [-0.1, -0.05) is 24.3 Å². The zero-order valence-electron chi connectivity index (χ0n) is 7.90. The van der Waals surface area contributed by atoms with E-state index in [9.17, 15) is 9.90 Å². The molecule has 0 bridgehead atoms. The average molecular weight is 181 g/mol. The molecule has 0 amide bonds. The molecular weight excluding hydrogens is 166 g/mol. The summed E-state index contributed by atoms with van der Waals surface area (Å²) in [7, 11) is 1.50. The highest BCUT2D eigenvalue weighted by Gasteiger charge is 2.04. The van der Waals surface area contributed by atoms with Crippen molar-refractivity contribution in [2.24, 2.45) is 5.73 Å². The Bertz CT molecular complexity index is 259. The highest BCUT2D eigenvalue weighted by Crippen LogP contribution is 2.14. The van der Waals surface area contributed by atoms with Crippen molar-refractivity contribution in [3.05, 3.63) is 35.4 Å². The van der Waals surface area contributed by atoms with E-state index >= 15 is 0 Å². The monoisotopic (exact) mass is 181 g/mol. The van der Waals surface area contributed by atoms with Gasteiger partial charge in [0.15, 0.2) is 0 Å². The van der Waals surface area contributed by atoms with Crippen molar-refractivity contribution in [3.63, 3.8) is 0 Å². The van der Waals surface area contributed by atoms with Crippen molar-refractivity contribution in [3.8, 4) is 0 Å². The molecule has 13 heavy (non-hydrogen) atoms. The van der Waals surface area contributed by atoms with Gasteiger partial charge in [0.2, 0.25) is 0 Å². The fourth-order valence-electron chi connectivity index (χ4n) is 0.999. The van der Waals surface area contributed by atoms with E-state index in [4.69, 9.17) is 0 Å². The van der Waals surface area contributed by atoms with Crippen LogP contribution in [0.4, 0.5) is 0 Å². The predicted molar refractivity (Wildman–Crippen MR) is 52.6 cm³/mol. The molecule has 0 radical (unpaired) electrons. The van der Waals surface area contributed by atoms with Gasteiger partial charge in [-0.05, 0) is 19.5 Å². The number of nitrogens with two attached hydrogens (primary N) is 1. The number of rotatable bonds is 2. The van der Waals surface area contributed by atoms with Gasteiger partial charge in [0, 0.05) is 5.56 Å². The Balaban J connectivity index is 0.000000671. The van der Waals surface area contributed by atoms with Crippen LogP contribution in [0, 0.1) is 0 Å². The molecule has 0 spiro atoms. The molecule has 3 N–H and O–H groups in total. The Labute approximate surface area is 78.2 Å². The van der Waals surface area contributed by atoms with E-state index in [1.165, 1.54) is 7.05 Å². The molecule has 0 aliphatic rings. The average Bonchev–Trinajstić information content (AvgIpc) is 2.20. The number of aliphatic hydroxyl groups is 1. The van der Waals surface area contributed by atoms with Gasteiger partial charge in [0.05, 0.1) is 6.10 Å². The number of benzene rings is 1. The van der Waals surface area contributed by atoms with Gasteiger partial charge >= 0.3 is 0 Å². The third-order valence-electron chi connectivity index (χ3n) is 1.57. The molecule has 0 aliphatic carbocycles. The van der Waals surface area contributed by atoms with E-state index in [0.29, 0.717) is 11.1 Å². The summed E-state index contributed by atoms with van der Waals surface area (Å²) in [6.45, 7) is 1.64. The third-order valence-corrected chi connectivity index (χ3v) is 1.57. The van der Waals surface area contributed by atoms with Crippen LogP contribution >= 0.6 is 0 Å². The summed E-state index contributed by atoms with van der Waals surface area (Å²) in [5.74, 6) is 0. The zero-order valence-corrected chi connectivity index (χ0v) is 7.90. The van der Waals surface area contributed by atoms with Gasteiger partial charge in [-0.3, -0.25) is 4.79 Å². The number of aliphatic hydroxyl groups excluding tert-OH is 1. The number of aldehydes is 1. The second-order valence-electron chi connectivity index (χ2n) is 2.42. The topological polar surface area (TPSA) is 63.3 Å². The number of carbonyl (C=O) groups excluding carboxylic acids is 1. The first-order chi connectivity index (χ1) is 6.25. The molecule has 1 unspecified atom stereocenters. The van der Waals surface area contributed by atoms with Crippen LogP contribution in [0.25, 0.3) is 0 Å². The highest BCUT2D eigenvalue weighted by molar-refractivity contribution is 5.77. The third kappa shape index (κ3) is 3.36. The number of hydrogen-bond acceptors (Lipinski definition) is 3. The van der Waals surface area contributed by atoms with Gasteiger partial charge in [-0.15, -0.1) is 0 Å². The van der Waals surface area contributed by atoms with E-state index < -0.39 is 6.10 Å². The standard InChI is InChI=1S/C9H10O2.CH5N/c1-7(11)9-5-3-2-4-8(9)6-10;1-2/h2-7,11H,1H3;2H2,1H3. The predicted octanol–water partition coefficient (Wildman–Crippen LogP) is 1.13. The molecule has 0 aliphatic heterocycles. The first-order valence-corrected chi connectivity index (χ1v) is 4.05. The van der Waals surface area contributed by atoms with Crippen LogP contribution in [-0.2, 0) is 0 Å². The smallest absolute Gasteiger partial charge is 0.150 e. The summed E-state index contributed by atoms with van der Waals surface area (Å²) in [6, 6.07) is 7.01. The molecule has 0 fully saturated rings. The lowest BCUT2D eigenvalue weighted by molar-refractivity contribution is 0.111. The van der Waals surface area contributed by atoms with Gasteiger partial charge in [0.25, 0.3) is 0 Å². The number of hydrogen-bond donors (Lipinski definition) is 2. The Morgan fingerprint density at radius 1 is 1.38 bits per heavy atom. The molecule has 1 rings (SSSR count). The van der Waals surface area contributed by atoms with Crippen molar-refractivity contribution in [1.82, 2.24) is 0 Å². The minimum Gasteiger partial charge on any atom is -0.389 e. The lowest BCUT2D eigenvalue weighted by atomic mass is 10.0. The summed E-state index contributed by atoms with van der Waals surface area (Å²) in [5, 5.41) is 9.18. The lowest BCUT2D eigenvalue weighted by Gasteiger charge is -2.05. The van der Waals surface area contributed by atoms with Crippen molar-refractivity contribution in [2.75, 3.05) is 7.05 Å². The minimum atomic E-state index is -0.573. The van der Waals surface area contributed by atoms with Crippen LogP contribution in [0.5, 0.6) is 0 Å². The van der Waals surface area contributed by atoms with Crippen LogP contribution in [0.3, 0.4) is 0 Å². The molecule has 3 nitrogen and oxygen atoms in total. The van der Waals surface area contributed by atoms with E-state index in [1.807, 2.05) is 0 Å². The van der Waals surface area contributed by atoms with E-state index in [-0.39, 0.29) is 0 Å². The van der Waals surface area contributed by atoms with Crippen molar-refractivity contribution >= 4 is 6.29 Å². The summed E-state index contributed by atoms with van der Waals surface area (Å²) in [5.41, 5.74) is 5.74. The second-order valence-corrected chi connectivity index (χ2v) is 2.42. The molecular formula is C10H15NO2. The van der Waals surface area contributed by atoms with Gasteiger partial charge < -0.3 is 10.8 Å². The molecule has 0 saturated carbocycles. The first kappa shape index (κ1) is 11.8. The zero-order chi connectivity index (χ0) is 10.3. The van der Waals surface area contributed by atoms with Gasteiger partial charge in [-0.2, -0.15) is 0 Å². The molecule has 1 aromatic rings. The Morgan fingerprint density at radius 3 is 2.31 bits per heavy atom. The van der Waals surface area contributed by atoms with Crippen LogP contribution in [0.15, 0.2) is 24.3 Å². The molecule has 72 valence electrons. The molecule has 3 heteroatoms. The molecule has 1 aromatic carbocycles. The summed E-state index contributed by atoms with van der Waals surface area (Å²) >= 11 is 0. The van der Waals surface area contributed by atoms with Crippen LogP contribution in [0.2, 0.25) is 0 Å².